The van der Waals surface area contributed by atoms with Crippen LogP contribution in [-0.4, -0.2) is 4.98 Å². The molecule has 0 saturated carbocycles. The molecule has 0 N–H and O–H groups in total. The number of pyridine rings is 1. The number of benzene rings is 1. The van der Waals surface area contributed by atoms with E-state index in [9.17, 15) is 0 Å². The first kappa shape index (κ1) is 9.10. The van der Waals surface area contributed by atoms with Crippen LogP contribution in [0.1, 0.15) is 0 Å². The Morgan fingerprint density at radius 3 is 2.45 bits per heavy atom. The van der Waals surface area contributed by atoms with Crippen LogP contribution in [0.3, 0.4) is 0 Å². The number of para-hydroxylation sites is 1. The maximum Gasteiger partial charge on any atom is 2.00 e. The second-order valence-corrected chi connectivity index (χ2v) is 2.20. The molecule has 2 heteroatoms. The zero-order valence-corrected chi connectivity index (χ0v) is 9.13. The third kappa shape index (κ3) is 1.98. The van der Waals surface area contributed by atoms with Crippen molar-refractivity contribution in [1.29, 1.82) is 0 Å². The van der Waals surface area contributed by atoms with Crippen LogP contribution < -0.4 is 0 Å². The molecule has 0 spiro atoms. The van der Waals surface area contributed by atoms with E-state index in [0.29, 0.717) is 0 Å². The van der Waals surface area contributed by atoms with Crippen LogP contribution in [0.5, 0.6) is 0 Å². The van der Waals surface area contributed by atoms with Gasteiger partial charge in [-0.15, -0.1) is 0 Å². The molecule has 0 atom stereocenters. The van der Waals surface area contributed by atoms with Gasteiger partial charge in [-0.2, -0.15) is 0 Å². The molecule has 2 aromatic rings. The van der Waals surface area contributed by atoms with E-state index < -0.39 is 0 Å². The Balaban J connectivity index is 0.000000605. The summed E-state index contributed by atoms with van der Waals surface area (Å²) in [6.45, 7) is 0. The van der Waals surface area contributed by atoms with Gasteiger partial charge in [0.25, 0.3) is 0 Å². The summed E-state index contributed by atoms with van der Waals surface area (Å²) in [5.41, 5.74) is 1.06. The average Bonchev–Trinajstić information content (AvgIpc) is 2.05. The van der Waals surface area contributed by atoms with Gasteiger partial charge in [0, 0.05) is 11.6 Å². The van der Waals surface area contributed by atoms with Gasteiger partial charge in [0.1, 0.15) is 0 Å². The van der Waals surface area contributed by atoms with Crippen molar-refractivity contribution in [3.8, 4) is 0 Å². The number of hydrogen-bond acceptors (Lipinski definition) is 1. The van der Waals surface area contributed by atoms with Crippen molar-refractivity contribution in [2.45, 2.75) is 0 Å². The number of nitrogens with zero attached hydrogens (tertiary/aromatic N) is 1. The fourth-order valence-electron chi connectivity index (χ4n) is 1.02. The first-order chi connectivity index (χ1) is 4.97. The third-order valence-electron chi connectivity index (χ3n) is 1.51. The van der Waals surface area contributed by atoms with Crippen molar-refractivity contribution in [3.63, 3.8) is 0 Å². The summed E-state index contributed by atoms with van der Waals surface area (Å²) < 4.78 is 0. The molecule has 0 aliphatic heterocycles. The molecule has 2 rings (SSSR count). The third-order valence-corrected chi connectivity index (χ3v) is 1.51. The minimum Gasteiger partial charge on any atom is -0.256 e. The van der Waals surface area contributed by atoms with Crippen LogP contribution in [0, 0.1) is 41.7 Å². The minimum atomic E-state index is 0. The van der Waals surface area contributed by atoms with Crippen molar-refractivity contribution in [3.05, 3.63) is 42.6 Å². The molecule has 0 aliphatic rings. The van der Waals surface area contributed by atoms with E-state index >= 15 is 0 Å². The molecule has 0 radical (unpaired) electrons. The van der Waals surface area contributed by atoms with E-state index in [1.54, 1.807) is 0 Å². The summed E-state index contributed by atoms with van der Waals surface area (Å²) >= 11 is 0. The molecule has 1 nitrogen and oxygen atoms in total. The summed E-state index contributed by atoms with van der Waals surface area (Å²) in [5.74, 6) is 0. The first-order valence-electron chi connectivity index (χ1n) is 3.26. The summed E-state index contributed by atoms with van der Waals surface area (Å²) in [6.07, 6.45) is 1.81. The Labute approximate surface area is 99.2 Å². The van der Waals surface area contributed by atoms with Crippen molar-refractivity contribution >= 4 is 10.9 Å². The standard InChI is InChI=1S/C9H7N.Ce/c1-2-6-9-8(4-1)5-3-7-10-9;/h1-7H;/q;+2. The summed E-state index contributed by atoms with van der Waals surface area (Å²) in [5, 5.41) is 1.20. The van der Waals surface area contributed by atoms with Crippen LogP contribution >= 0.6 is 0 Å². The van der Waals surface area contributed by atoms with Gasteiger partial charge < -0.3 is 0 Å². The van der Waals surface area contributed by atoms with Gasteiger partial charge in [-0.05, 0) is 12.1 Å². The second-order valence-electron chi connectivity index (χ2n) is 2.20. The summed E-state index contributed by atoms with van der Waals surface area (Å²) in [7, 11) is 0. The van der Waals surface area contributed by atoms with Crippen LogP contribution in [0.4, 0.5) is 0 Å². The smallest absolute Gasteiger partial charge is 0.256 e. The normalized spacial score (nSPS) is 9.09. The SMILES string of the molecule is [Ce+2].c1ccc2ncccc2c1. The fraction of sp³-hybridized carbons (Fsp3) is 0. The van der Waals surface area contributed by atoms with E-state index in [2.05, 4.69) is 17.1 Å². The largest absolute Gasteiger partial charge is 2.00 e. The molecule has 0 bridgehead atoms. The zero-order chi connectivity index (χ0) is 6.81. The Morgan fingerprint density at radius 1 is 0.909 bits per heavy atom. The van der Waals surface area contributed by atoms with E-state index in [-0.39, 0.29) is 41.7 Å². The molecule has 11 heavy (non-hydrogen) atoms. The molecule has 0 amide bonds. The van der Waals surface area contributed by atoms with Gasteiger partial charge >= 0.3 is 41.7 Å². The predicted octanol–water partition coefficient (Wildman–Crippen LogP) is 2.23. The maximum atomic E-state index is 4.18. The van der Waals surface area contributed by atoms with Crippen molar-refractivity contribution in [1.82, 2.24) is 4.98 Å². The molecule has 1 aromatic heterocycles. The zero-order valence-electron chi connectivity index (χ0n) is 5.99. The summed E-state index contributed by atoms with van der Waals surface area (Å²) in [4.78, 5) is 4.18. The second kappa shape index (κ2) is 4.14. The van der Waals surface area contributed by atoms with Gasteiger partial charge in [0.2, 0.25) is 0 Å². The molecule has 1 aromatic carbocycles. The van der Waals surface area contributed by atoms with Crippen molar-refractivity contribution < 1.29 is 41.7 Å². The quantitative estimate of drug-likeness (QED) is 0.714. The van der Waals surface area contributed by atoms with E-state index in [4.69, 9.17) is 0 Å². The number of hydrogen-bond donors (Lipinski definition) is 0. The van der Waals surface area contributed by atoms with Crippen molar-refractivity contribution in [2.75, 3.05) is 0 Å². The molecule has 0 unspecified atom stereocenters. The van der Waals surface area contributed by atoms with Crippen LogP contribution in [-0.2, 0) is 0 Å². The minimum absolute atomic E-state index is 0. The predicted molar refractivity (Wildman–Crippen MR) is 41.7 cm³/mol. The molecule has 50 valence electrons. The number of fused-ring (bicyclic) bond motifs is 1. The molecule has 1 heterocycles. The van der Waals surface area contributed by atoms with Gasteiger partial charge in [0.15, 0.2) is 0 Å². The van der Waals surface area contributed by atoms with E-state index in [1.807, 2.05) is 30.5 Å². The van der Waals surface area contributed by atoms with E-state index in [0.717, 1.165) is 5.52 Å². The molecule has 0 aliphatic carbocycles. The van der Waals surface area contributed by atoms with Crippen LogP contribution in [0.15, 0.2) is 42.6 Å². The van der Waals surface area contributed by atoms with E-state index in [1.165, 1.54) is 5.39 Å². The molecule has 0 saturated heterocycles. The molecule has 0 fully saturated rings. The van der Waals surface area contributed by atoms with Crippen molar-refractivity contribution in [2.24, 2.45) is 0 Å². The van der Waals surface area contributed by atoms with Gasteiger partial charge in [-0.25, -0.2) is 0 Å². The monoisotopic (exact) mass is 269 g/mol. The number of aromatic nitrogens is 1. The van der Waals surface area contributed by atoms with Crippen LogP contribution in [0.2, 0.25) is 0 Å². The fourth-order valence-corrected chi connectivity index (χ4v) is 1.02. The Hall–Kier alpha value is 0.00662. The topological polar surface area (TPSA) is 12.9 Å². The van der Waals surface area contributed by atoms with Gasteiger partial charge in [0.05, 0.1) is 5.52 Å². The Kier molecular flexibility index (Phi) is 3.42. The van der Waals surface area contributed by atoms with Gasteiger partial charge in [-0.3, -0.25) is 4.98 Å². The Morgan fingerprint density at radius 2 is 1.64 bits per heavy atom. The van der Waals surface area contributed by atoms with Gasteiger partial charge in [-0.1, -0.05) is 24.3 Å². The Bertz CT molecular complexity index is 281. The average molecular weight is 269 g/mol. The molecular weight excluding hydrogens is 262 g/mol. The maximum absolute atomic E-state index is 4.18. The first-order valence-corrected chi connectivity index (χ1v) is 3.26. The summed E-state index contributed by atoms with van der Waals surface area (Å²) in [6, 6.07) is 12.1. The molecular formula is C9H7CeN+2. The number of rotatable bonds is 0. The van der Waals surface area contributed by atoms with Crippen LogP contribution in [0.25, 0.3) is 10.9 Å².